The van der Waals surface area contributed by atoms with Crippen LogP contribution in [0.5, 0.6) is 0 Å². The van der Waals surface area contributed by atoms with Gasteiger partial charge in [0.25, 0.3) is 5.66 Å². The molecule has 5 aromatic rings. The van der Waals surface area contributed by atoms with Gasteiger partial charge in [-0.1, -0.05) is 122 Å². The molecule has 6 rings (SSSR count). The smallest absolute Gasteiger partial charge is 0.362 e. The number of carbonyl (C=O) groups is 5. The van der Waals surface area contributed by atoms with Gasteiger partial charge in [-0.15, -0.1) is 4.70 Å². The number of alkyl halides is 1. The Hall–Kier alpha value is -6.99. The third-order valence-electron chi connectivity index (χ3n) is 10.3. The van der Waals surface area contributed by atoms with Crippen LogP contribution in [-0.4, -0.2) is 82.1 Å². The SMILES string of the molecule is CCC1(C)N=C([C@@H](OC(=O)c2ccccc2)[C@@H](OC(=O)c2ccccc2)[C@H](OC(=O)c2ccccc2)[C@@H](COC(=O)c2ccccc2)OC(=O)c2ccccc2)[N+](C(C)(Cl)CC)=N1. The first-order valence-corrected chi connectivity index (χ1v) is 20.8. The van der Waals surface area contributed by atoms with Crippen LogP contribution in [0.25, 0.3) is 0 Å². The molecule has 5 aromatic carbocycles. The zero-order valence-electron chi connectivity index (χ0n) is 35.2. The highest BCUT2D eigenvalue weighted by Gasteiger charge is 2.57. The quantitative estimate of drug-likeness (QED) is 0.0273. The van der Waals surface area contributed by atoms with Crippen molar-refractivity contribution in [3.05, 3.63) is 179 Å². The second kappa shape index (κ2) is 20.7. The summed E-state index contributed by atoms with van der Waals surface area (Å²) in [6.45, 7) is 6.37. The number of nitrogens with zero attached hydrogens (tertiary/aromatic N) is 3. The normalized spacial score (nSPS) is 17.3. The van der Waals surface area contributed by atoms with E-state index in [1.807, 2.05) is 13.8 Å². The van der Waals surface area contributed by atoms with E-state index >= 15 is 0 Å². The van der Waals surface area contributed by atoms with Crippen molar-refractivity contribution in [1.82, 2.24) is 0 Å². The Morgan fingerprint density at radius 1 is 0.571 bits per heavy atom. The highest BCUT2D eigenvalue weighted by molar-refractivity contribution is 6.22. The van der Waals surface area contributed by atoms with E-state index in [1.54, 1.807) is 105 Å². The number of carbonyl (C=O) groups excluding carboxylic acids is 5. The van der Waals surface area contributed by atoms with Crippen LogP contribution in [0.2, 0.25) is 0 Å². The minimum Gasteiger partial charge on any atom is -0.458 e. The summed E-state index contributed by atoms with van der Waals surface area (Å²) in [6.07, 6.45) is -6.70. The van der Waals surface area contributed by atoms with Crippen LogP contribution in [0.1, 0.15) is 92.3 Å². The molecule has 63 heavy (non-hydrogen) atoms. The van der Waals surface area contributed by atoms with E-state index in [1.165, 1.54) is 65.4 Å². The van der Waals surface area contributed by atoms with Gasteiger partial charge in [0.2, 0.25) is 11.1 Å². The second-order valence-corrected chi connectivity index (χ2v) is 15.7. The molecule has 14 heteroatoms. The summed E-state index contributed by atoms with van der Waals surface area (Å²) in [6, 6.07) is 39.9. The molecule has 0 fully saturated rings. The van der Waals surface area contributed by atoms with Gasteiger partial charge in [0.15, 0.2) is 18.3 Å². The first-order valence-electron chi connectivity index (χ1n) is 20.4. The third-order valence-corrected chi connectivity index (χ3v) is 10.7. The zero-order valence-corrected chi connectivity index (χ0v) is 35.9. The van der Waals surface area contributed by atoms with E-state index in [0.717, 1.165) is 0 Å². The van der Waals surface area contributed by atoms with Crippen molar-refractivity contribution in [3.8, 4) is 0 Å². The van der Waals surface area contributed by atoms with Gasteiger partial charge in [0.05, 0.1) is 27.8 Å². The van der Waals surface area contributed by atoms with Crippen molar-refractivity contribution in [2.45, 2.75) is 75.6 Å². The number of hydrogen-bond donors (Lipinski definition) is 0. The Morgan fingerprint density at radius 2 is 0.937 bits per heavy atom. The number of aliphatic imine (C=N–C) groups is 1. The Labute approximate surface area is 370 Å². The van der Waals surface area contributed by atoms with Gasteiger partial charge < -0.3 is 23.7 Å². The lowest BCUT2D eigenvalue weighted by Crippen LogP contribution is -2.57. The van der Waals surface area contributed by atoms with Crippen molar-refractivity contribution in [2.75, 3.05) is 6.61 Å². The molecule has 0 amide bonds. The van der Waals surface area contributed by atoms with Gasteiger partial charge in [-0.25, -0.2) is 24.0 Å². The summed E-state index contributed by atoms with van der Waals surface area (Å²) in [4.78, 5) is 74.4. The number of halogens is 1. The Morgan fingerprint density at radius 3 is 1.33 bits per heavy atom. The lowest BCUT2D eigenvalue weighted by molar-refractivity contribution is -0.543. The number of rotatable bonds is 18. The van der Waals surface area contributed by atoms with Gasteiger partial charge in [0, 0.05) is 19.8 Å². The highest BCUT2D eigenvalue weighted by atomic mass is 35.5. The van der Waals surface area contributed by atoms with Crippen LogP contribution in [0, 0.1) is 0 Å². The van der Waals surface area contributed by atoms with Crippen LogP contribution in [0.4, 0.5) is 0 Å². The summed E-state index contributed by atoms with van der Waals surface area (Å²) in [5, 5.41) is 4.88. The Bertz CT molecular complexity index is 2430. The fourth-order valence-electron chi connectivity index (χ4n) is 6.41. The minimum absolute atomic E-state index is 0.0654. The minimum atomic E-state index is -1.91. The molecule has 1 aliphatic heterocycles. The average Bonchev–Trinajstić information content (AvgIpc) is 3.70. The van der Waals surface area contributed by atoms with Crippen molar-refractivity contribution >= 4 is 47.3 Å². The fraction of sp³-hybridized carbons (Fsp3) is 0.265. The van der Waals surface area contributed by atoms with E-state index < -0.39 is 71.5 Å². The maximum absolute atomic E-state index is 14.4. The molecule has 1 heterocycles. The number of azo groups is 2. The third kappa shape index (κ3) is 11.5. The molecule has 0 N–H and O–H groups in total. The maximum atomic E-state index is 14.4. The fourth-order valence-corrected chi connectivity index (χ4v) is 6.54. The predicted octanol–water partition coefficient (Wildman–Crippen LogP) is 9.11. The van der Waals surface area contributed by atoms with E-state index in [-0.39, 0.29) is 33.7 Å². The summed E-state index contributed by atoms with van der Waals surface area (Å²) < 4.78 is 32.4. The number of benzene rings is 5. The molecular formula is C49H47ClN3O10+. The van der Waals surface area contributed by atoms with Crippen molar-refractivity contribution < 1.29 is 52.4 Å². The van der Waals surface area contributed by atoms with Crippen molar-refractivity contribution in [3.63, 3.8) is 0 Å². The Kier molecular flexibility index (Phi) is 15.0. The summed E-state index contributed by atoms with van der Waals surface area (Å²) >= 11 is 7.19. The highest BCUT2D eigenvalue weighted by Crippen LogP contribution is 2.35. The average molecular weight is 873 g/mol. The van der Waals surface area contributed by atoms with E-state index in [2.05, 4.69) is 0 Å². The molecular weight excluding hydrogens is 826 g/mol. The molecule has 13 nitrogen and oxygen atoms in total. The maximum Gasteiger partial charge on any atom is 0.362 e. The topological polar surface area (TPSA) is 159 Å². The summed E-state index contributed by atoms with van der Waals surface area (Å²) in [5.41, 5.74) is -0.646. The molecule has 0 spiro atoms. The van der Waals surface area contributed by atoms with Gasteiger partial charge in [-0.3, -0.25) is 0 Å². The first-order chi connectivity index (χ1) is 30.3. The number of hydrogen-bond acceptors (Lipinski definition) is 12. The van der Waals surface area contributed by atoms with Gasteiger partial charge in [-0.05, 0) is 72.6 Å². The lowest BCUT2D eigenvalue weighted by atomic mass is 9.99. The van der Waals surface area contributed by atoms with Gasteiger partial charge in [-0.2, -0.15) is 0 Å². The lowest BCUT2D eigenvalue weighted by Gasteiger charge is -2.35. The van der Waals surface area contributed by atoms with E-state index in [4.69, 9.17) is 45.4 Å². The molecule has 0 saturated carbocycles. The van der Waals surface area contributed by atoms with Crippen LogP contribution in [0.15, 0.2) is 162 Å². The van der Waals surface area contributed by atoms with Crippen LogP contribution in [-0.2, 0) is 23.7 Å². The summed E-state index contributed by atoms with van der Waals surface area (Å²) in [7, 11) is 0. The largest absolute Gasteiger partial charge is 0.458 e. The molecule has 0 bridgehead atoms. The molecule has 0 saturated heterocycles. The number of esters is 5. The number of amidine groups is 1. The van der Waals surface area contributed by atoms with Crippen molar-refractivity contribution in [2.24, 2.45) is 10.1 Å². The number of ether oxygens (including phenoxy) is 5. The molecule has 6 atom stereocenters. The molecule has 1 aliphatic rings. The molecule has 324 valence electrons. The molecule has 0 aliphatic carbocycles. The second-order valence-electron chi connectivity index (χ2n) is 14.9. The Balaban J connectivity index is 1.59. The van der Waals surface area contributed by atoms with Crippen LogP contribution < -0.4 is 0 Å². The monoisotopic (exact) mass is 872 g/mol. The predicted molar refractivity (Wildman–Crippen MR) is 233 cm³/mol. The molecule has 2 unspecified atom stereocenters. The first kappa shape index (κ1) is 45.5. The standard InChI is InChI=1S/C49H47ClN3O10/c1-5-48(3,50)53-42(51-49(4,6-2)52-53)41(63-47(58)37-30-20-11-21-31-37)40(62-46(57)36-28-18-10-19-29-36)39(61-45(56)35-26-16-9-17-27-35)38(60-44(55)34-24-14-8-15-25-34)32-59-43(54)33-22-12-7-13-23-33/h7-31,38-41H,5-6,32H2,1-4H3/q+1/t38-,39-,40+,41+,48?,49?/m1/s1. The summed E-state index contributed by atoms with van der Waals surface area (Å²) in [5.74, 6) is -4.56. The van der Waals surface area contributed by atoms with E-state index in [0.29, 0.717) is 12.8 Å². The van der Waals surface area contributed by atoms with Gasteiger partial charge >= 0.3 is 35.7 Å². The molecule has 0 radical (unpaired) electrons. The van der Waals surface area contributed by atoms with Crippen molar-refractivity contribution in [1.29, 1.82) is 0 Å². The molecule has 0 aromatic heterocycles. The van der Waals surface area contributed by atoms with Crippen LogP contribution in [0.3, 0.4) is 0 Å². The van der Waals surface area contributed by atoms with E-state index in [9.17, 15) is 24.0 Å². The van der Waals surface area contributed by atoms with Crippen LogP contribution >= 0.6 is 11.6 Å². The van der Waals surface area contributed by atoms with Gasteiger partial charge in [0.1, 0.15) is 6.61 Å². The zero-order chi connectivity index (χ0) is 45.0.